The lowest BCUT2D eigenvalue weighted by Gasteiger charge is -2.10. The largest absolute Gasteiger partial charge is 0.481 e. The molecule has 1 aromatic carbocycles. The fourth-order valence-electron chi connectivity index (χ4n) is 1.86. The predicted molar refractivity (Wildman–Crippen MR) is 68.3 cm³/mol. The average molecular weight is 231 g/mol. The summed E-state index contributed by atoms with van der Waals surface area (Å²) in [6.45, 7) is 1.79. The number of nitrogens with zero attached hydrogens (tertiary/aromatic N) is 1. The van der Waals surface area contributed by atoms with E-state index in [1.165, 1.54) is 0 Å². The Labute approximate surface area is 101 Å². The Morgan fingerprint density at radius 1 is 1.35 bits per heavy atom. The standard InChI is InChI=1S/C14H17NO2/c1-10(16)7-8-12-9-11-5-3-4-6-13(11)15-14(12)17-2/h3-6,9-10,16H,7-8H2,1-2H3/t10-/m1/s1. The van der Waals surface area contributed by atoms with Gasteiger partial charge in [0.1, 0.15) is 0 Å². The number of aliphatic hydroxyl groups excluding tert-OH is 1. The maximum absolute atomic E-state index is 9.33. The second-order valence-electron chi connectivity index (χ2n) is 4.24. The molecular weight excluding hydrogens is 214 g/mol. The van der Waals surface area contributed by atoms with E-state index in [1.807, 2.05) is 24.3 Å². The van der Waals surface area contributed by atoms with Crippen LogP contribution in [0, 0.1) is 0 Å². The monoisotopic (exact) mass is 231 g/mol. The molecule has 2 rings (SSSR count). The third-order valence-corrected chi connectivity index (χ3v) is 2.79. The smallest absolute Gasteiger partial charge is 0.216 e. The maximum Gasteiger partial charge on any atom is 0.216 e. The molecule has 1 aromatic heterocycles. The molecule has 0 fully saturated rings. The lowest BCUT2D eigenvalue weighted by Crippen LogP contribution is -2.03. The summed E-state index contributed by atoms with van der Waals surface area (Å²) < 4.78 is 5.29. The number of aromatic nitrogens is 1. The van der Waals surface area contributed by atoms with Crippen molar-refractivity contribution in [3.05, 3.63) is 35.9 Å². The molecule has 3 heteroatoms. The summed E-state index contributed by atoms with van der Waals surface area (Å²) in [7, 11) is 1.63. The molecule has 0 saturated heterocycles. The van der Waals surface area contributed by atoms with Gasteiger partial charge in [-0.1, -0.05) is 18.2 Å². The SMILES string of the molecule is COc1nc2ccccc2cc1CC[C@@H](C)O. The zero-order chi connectivity index (χ0) is 12.3. The molecule has 0 aliphatic rings. The molecule has 1 heterocycles. The van der Waals surface area contributed by atoms with Gasteiger partial charge in [0.2, 0.25) is 5.88 Å². The number of aliphatic hydroxyl groups is 1. The van der Waals surface area contributed by atoms with Crippen LogP contribution in [-0.2, 0) is 6.42 Å². The van der Waals surface area contributed by atoms with Gasteiger partial charge in [0.05, 0.1) is 18.7 Å². The average Bonchev–Trinajstić information content (AvgIpc) is 2.35. The van der Waals surface area contributed by atoms with Crippen LogP contribution in [0.3, 0.4) is 0 Å². The van der Waals surface area contributed by atoms with Crippen LogP contribution in [0.5, 0.6) is 5.88 Å². The fourth-order valence-corrected chi connectivity index (χ4v) is 1.86. The number of benzene rings is 1. The molecular formula is C14H17NO2. The van der Waals surface area contributed by atoms with Crippen molar-refractivity contribution in [2.24, 2.45) is 0 Å². The Morgan fingerprint density at radius 3 is 2.82 bits per heavy atom. The third-order valence-electron chi connectivity index (χ3n) is 2.79. The Kier molecular flexibility index (Phi) is 3.59. The highest BCUT2D eigenvalue weighted by Gasteiger charge is 2.08. The Morgan fingerprint density at radius 2 is 2.12 bits per heavy atom. The second kappa shape index (κ2) is 5.15. The molecule has 0 saturated carbocycles. The highest BCUT2D eigenvalue weighted by atomic mass is 16.5. The van der Waals surface area contributed by atoms with Gasteiger partial charge >= 0.3 is 0 Å². The zero-order valence-electron chi connectivity index (χ0n) is 10.2. The van der Waals surface area contributed by atoms with E-state index in [4.69, 9.17) is 4.74 Å². The zero-order valence-corrected chi connectivity index (χ0v) is 10.2. The van der Waals surface area contributed by atoms with Crippen LogP contribution in [-0.4, -0.2) is 23.3 Å². The molecule has 1 atom stereocenters. The molecule has 0 bridgehead atoms. The summed E-state index contributed by atoms with van der Waals surface area (Å²) in [6, 6.07) is 10.0. The van der Waals surface area contributed by atoms with Gasteiger partial charge in [-0.15, -0.1) is 0 Å². The number of hydrogen-bond donors (Lipinski definition) is 1. The van der Waals surface area contributed by atoms with Gasteiger partial charge in [0.25, 0.3) is 0 Å². The van der Waals surface area contributed by atoms with E-state index < -0.39 is 0 Å². The van der Waals surface area contributed by atoms with Crippen LogP contribution in [0.15, 0.2) is 30.3 Å². The molecule has 0 aliphatic heterocycles. The highest BCUT2D eigenvalue weighted by Crippen LogP contribution is 2.23. The van der Waals surface area contributed by atoms with Crippen LogP contribution in [0.2, 0.25) is 0 Å². The predicted octanol–water partition coefficient (Wildman–Crippen LogP) is 2.56. The van der Waals surface area contributed by atoms with Crippen molar-refractivity contribution in [2.45, 2.75) is 25.9 Å². The van der Waals surface area contributed by atoms with Gasteiger partial charge in [-0.3, -0.25) is 0 Å². The van der Waals surface area contributed by atoms with E-state index in [-0.39, 0.29) is 6.10 Å². The summed E-state index contributed by atoms with van der Waals surface area (Å²) in [5.41, 5.74) is 1.98. The highest BCUT2D eigenvalue weighted by molar-refractivity contribution is 5.80. The summed E-state index contributed by atoms with van der Waals surface area (Å²) in [5, 5.41) is 10.4. The number of ether oxygens (including phenoxy) is 1. The molecule has 3 nitrogen and oxygen atoms in total. The Hall–Kier alpha value is -1.61. The van der Waals surface area contributed by atoms with Gasteiger partial charge in [0.15, 0.2) is 0 Å². The van der Waals surface area contributed by atoms with E-state index >= 15 is 0 Å². The maximum atomic E-state index is 9.33. The number of hydrogen-bond acceptors (Lipinski definition) is 3. The molecule has 2 aromatic rings. The summed E-state index contributed by atoms with van der Waals surface area (Å²) in [4.78, 5) is 4.47. The lowest BCUT2D eigenvalue weighted by atomic mass is 10.1. The first-order valence-corrected chi connectivity index (χ1v) is 5.81. The number of rotatable bonds is 4. The first-order chi connectivity index (χ1) is 8.20. The van der Waals surface area contributed by atoms with E-state index in [0.717, 1.165) is 29.3 Å². The van der Waals surface area contributed by atoms with Crippen molar-refractivity contribution in [3.63, 3.8) is 0 Å². The molecule has 17 heavy (non-hydrogen) atoms. The van der Waals surface area contributed by atoms with Crippen LogP contribution in [0.4, 0.5) is 0 Å². The summed E-state index contributed by atoms with van der Waals surface area (Å²) >= 11 is 0. The van der Waals surface area contributed by atoms with Gasteiger partial charge < -0.3 is 9.84 Å². The van der Waals surface area contributed by atoms with Gasteiger partial charge in [-0.2, -0.15) is 0 Å². The van der Waals surface area contributed by atoms with Crippen molar-refractivity contribution < 1.29 is 9.84 Å². The van der Waals surface area contributed by atoms with Crippen molar-refractivity contribution in [1.82, 2.24) is 4.98 Å². The third kappa shape index (κ3) is 2.74. The molecule has 0 radical (unpaired) electrons. The number of pyridine rings is 1. The van der Waals surface area contributed by atoms with E-state index in [2.05, 4.69) is 11.1 Å². The van der Waals surface area contributed by atoms with Gasteiger partial charge in [0, 0.05) is 10.9 Å². The first kappa shape index (κ1) is 11.9. The van der Waals surface area contributed by atoms with E-state index in [0.29, 0.717) is 5.88 Å². The minimum absolute atomic E-state index is 0.300. The first-order valence-electron chi connectivity index (χ1n) is 5.81. The lowest BCUT2D eigenvalue weighted by molar-refractivity contribution is 0.184. The normalized spacial score (nSPS) is 12.6. The Balaban J connectivity index is 2.38. The van der Waals surface area contributed by atoms with Crippen LogP contribution in [0.25, 0.3) is 10.9 Å². The number of methoxy groups -OCH3 is 1. The van der Waals surface area contributed by atoms with Gasteiger partial charge in [-0.05, 0) is 31.9 Å². The van der Waals surface area contributed by atoms with Crippen LogP contribution < -0.4 is 4.74 Å². The number of para-hydroxylation sites is 1. The molecule has 1 N–H and O–H groups in total. The Bertz CT molecular complexity index is 509. The topological polar surface area (TPSA) is 42.4 Å². The summed E-state index contributed by atoms with van der Waals surface area (Å²) in [6.07, 6.45) is 1.20. The quantitative estimate of drug-likeness (QED) is 0.879. The minimum atomic E-state index is -0.300. The minimum Gasteiger partial charge on any atom is -0.481 e. The van der Waals surface area contributed by atoms with Crippen LogP contribution in [0.1, 0.15) is 18.9 Å². The van der Waals surface area contributed by atoms with E-state index in [9.17, 15) is 5.11 Å². The molecule has 0 unspecified atom stereocenters. The fraction of sp³-hybridized carbons (Fsp3) is 0.357. The van der Waals surface area contributed by atoms with Crippen molar-refractivity contribution in [2.75, 3.05) is 7.11 Å². The second-order valence-corrected chi connectivity index (χ2v) is 4.24. The van der Waals surface area contributed by atoms with Crippen molar-refractivity contribution in [3.8, 4) is 5.88 Å². The molecule has 90 valence electrons. The number of fused-ring (bicyclic) bond motifs is 1. The van der Waals surface area contributed by atoms with E-state index in [1.54, 1.807) is 14.0 Å². The molecule has 0 aliphatic carbocycles. The van der Waals surface area contributed by atoms with Crippen molar-refractivity contribution in [1.29, 1.82) is 0 Å². The van der Waals surface area contributed by atoms with Crippen molar-refractivity contribution >= 4 is 10.9 Å². The van der Waals surface area contributed by atoms with Gasteiger partial charge in [-0.25, -0.2) is 4.98 Å². The molecule has 0 amide bonds. The van der Waals surface area contributed by atoms with Crippen LogP contribution >= 0.6 is 0 Å². The summed E-state index contributed by atoms with van der Waals surface area (Å²) in [5.74, 6) is 0.657. The number of aryl methyl sites for hydroxylation is 1. The molecule has 0 spiro atoms.